The summed E-state index contributed by atoms with van der Waals surface area (Å²) >= 11 is 0. The summed E-state index contributed by atoms with van der Waals surface area (Å²) in [6.07, 6.45) is 0. The number of fused-ring (bicyclic) bond motifs is 2. The van der Waals surface area contributed by atoms with Crippen LogP contribution < -0.4 is 0 Å². The molecule has 1 amide bonds. The minimum atomic E-state index is -0.968. The van der Waals surface area contributed by atoms with Crippen molar-refractivity contribution < 1.29 is 19.1 Å². The van der Waals surface area contributed by atoms with Crippen molar-refractivity contribution in [3.05, 3.63) is 47.7 Å². The van der Waals surface area contributed by atoms with E-state index in [0.29, 0.717) is 17.4 Å². The number of hydrogen-bond donors (Lipinski definition) is 1. The average Bonchev–Trinajstić information content (AvgIpc) is 3.29. The molecule has 9 heteroatoms. The Bertz CT molecular complexity index is 1040. The van der Waals surface area contributed by atoms with Gasteiger partial charge in [0.15, 0.2) is 0 Å². The van der Waals surface area contributed by atoms with Gasteiger partial charge in [-0.3, -0.25) is 14.5 Å². The smallest absolute Gasteiger partial charge is 0.322 e. The van der Waals surface area contributed by atoms with E-state index in [0.717, 1.165) is 11.0 Å². The van der Waals surface area contributed by atoms with Crippen LogP contribution in [0.4, 0.5) is 0 Å². The molecule has 2 unspecified atom stereocenters. The van der Waals surface area contributed by atoms with Crippen LogP contribution in [0.25, 0.3) is 11.0 Å². The van der Waals surface area contributed by atoms with Crippen LogP contribution in [0.2, 0.25) is 0 Å². The summed E-state index contributed by atoms with van der Waals surface area (Å²) in [7, 11) is 1.70. The number of para-hydroxylation sites is 1. The van der Waals surface area contributed by atoms with E-state index in [1.165, 1.54) is 0 Å². The van der Waals surface area contributed by atoms with Gasteiger partial charge in [-0.15, -0.1) is 10.2 Å². The van der Waals surface area contributed by atoms with Crippen LogP contribution in [0.5, 0.6) is 0 Å². The molecule has 0 bridgehead atoms. The van der Waals surface area contributed by atoms with Gasteiger partial charge in [0.25, 0.3) is 0 Å². The maximum atomic E-state index is 12.9. The Labute approximate surface area is 167 Å². The first-order chi connectivity index (χ1) is 13.8. The standard InChI is InChI=1S/C20H23N5O4/c1-12(17-8-14-6-4-5-7-16(14)29-17)23(3)19(26)11-24-10-18-22-21-13(2)25(18)9-15(24)20(27)28/h4-8,12,15H,9-11H2,1-3H3,(H,27,28). The Morgan fingerprint density at radius 2 is 2.10 bits per heavy atom. The van der Waals surface area contributed by atoms with Gasteiger partial charge in [0.05, 0.1) is 25.7 Å². The molecule has 1 aromatic carbocycles. The third kappa shape index (κ3) is 3.49. The number of rotatable bonds is 5. The van der Waals surface area contributed by atoms with Gasteiger partial charge in [-0.25, -0.2) is 0 Å². The molecule has 1 aliphatic rings. The lowest BCUT2D eigenvalue weighted by Gasteiger charge is -2.34. The molecule has 2 aromatic heterocycles. The quantitative estimate of drug-likeness (QED) is 0.700. The first-order valence-electron chi connectivity index (χ1n) is 9.45. The first-order valence-corrected chi connectivity index (χ1v) is 9.45. The van der Waals surface area contributed by atoms with E-state index in [1.807, 2.05) is 37.3 Å². The monoisotopic (exact) mass is 397 g/mol. The predicted molar refractivity (Wildman–Crippen MR) is 104 cm³/mol. The van der Waals surface area contributed by atoms with Gasteiger partial charge in [0, 0.05) is 12.4 Å². The second-order valence-corrected chi connectivity index (χ2v) is 7.40. The van der Waals surface area contributed by atoms with E-state index in [2.05, 4.69) is 10.2 Å². The molecular weight excluding hydrogens is 374 g/mol. The van der Waals surface area contributed by atoms with Crippen molar-refractivity contribution in [1.29, 1.82) is 0 Å². The topological polar surface area (TPSA) is 105 Å². The molecule has 0 radical (unpaired) electrons. The zero-order valence-electron chi connectivity index (χ0n) is 16.6. The number of aryl methyl sites for hydroxylation is 1. The molecule has 1 N–H and O–H groups in total. The van der Waals surface area contributed by atoms with Gasteiger partial charge in [-0.05, 0) is 26.0 Å². The summed E-state index contributed by atoms with van der Waals surface area (Å²) in [5, 5.41) is 18.7. The molecule has 3 heterocycles. The largest absolute Gasteiger partial charge is 0.480 e. The van der Waals surface area contributed by atoms with Gasteiger partial charge >= 0.3 is 5.97 Å². The molecule has 0 spiro atoms. The fraction of sp³-hybridized carbons (Fsp3) is 0.400. The minimum absolute atomic E-state index is 0.0239. The Balaban J connectivity index is 1.50. The van der Waals surface area contributed by atoms with Crippen LogP contribution in [-0.2, 0) is 22.7 Å². The van der Waals surface area contributed by atoms with Crippen molar-refractivity contribution >= 4 is 22.8 Å². The Morgan fingerprint density at radius 1 is 1.34 bits per heavy atom. The summed E-state index contributed by atoms with van der Waals surface area (Å²) in [5.74, 6) is 0.873. The van der Waals surface area contributed by atoms with E-state index in [9.17, 15) is 14.7 Å². The Morgan fingerprint density at radius 3 is 2.83 bits per heavy atom. The molecule has 0 fully saturated rings. The molecule has 0 saturated heterocycles. The van der Waals surface area contributed by atoms with Crippen LogP contribution >= 0.6 is 0 Å². The normalized spacial score (nSPS) is 17.8. The van der Waals surface area contributed by atoms with Gasteiger partial charge in [-0.1, -0.05) is 18.2 Å². The number of aromatic nitrogens is 3. The summed E-state index contributed by atoms with van der Waals surface area (Å²) in [4.78, 5) is 27.9. The Kier molecular flexibility index (Phi) is 4.83. The molecule has 4 rings (SSSR count). The number of carbonyl (C=O) groups excluding carboxylic acids is 1. The predicted octanol–water partition coefficient (Wildman–Crippen LogP) is 1.82. The number of likely N-dealkylation sites (N-methyl/N-ethyl adjacent to an activating group) is 1. The number of benzene rings is 1. The fourth-order valence-electron chi connectivity index (χ4n) is 3.66. The molecule has 1 aliphatic heterocycles. The molecule has 9 nitrogen and oxygen atoms in total. The Hall–Kier alpha value is -3.20. The van der Waals surface area contributed by atoms with Crippen molar-refractivity contribution in [2.24, 2.45) is 0 Å². The lowest BCUT2D eigenvalue weighted by atomic mass is 10.1. The molecule has 0 saturated carbocycles. The second kappa shape index (κ2) is 7.32. The van der Waals surface area contributed by atoms with Gasteiger partial charge in [0.2, 0.25) is 5.91 Å². The summed E-state index contributed by atoms with van der Waals surface area (Å²) in [6, 6.07) is 8.51. The number of carboxylic acids is 1. The summed E-state index contributed by atoms with van der Waals surface area (Å²) < 4.78 is 7.67. The number of aliphatic carboxylic acids is 1. The molecule has 0 aliphatic carbocycles. The maximum Gasteiger partial charge on any atom is 0.322 e. The van der Waals surface area contributed by atoms with Gasteiger partial charge in [-0.2, -0.15) is 0 Å². The number of amides is 1. The zero-order chi connectivity index (χ0) is 20.7. The van der Waals surface area contributed by atoms with E-state index < -0.39 is 12.0 Å². The van der Waals surface area contributed by atoms with Gasteiger partial charge < -0.3 is 19.0 Å². The highest BCUT2D eigenvalue weighted by Gasteiger charge is 2.35. The van der Waals surface area contributed by atoms with Crippen molar-refractivity contribution in [2.45, 2.75) is 39.0 Å². The number of carboxylic acid groups (broad SMARTS) is 1. The number of carbonyl (C=O) groups is 2. The van der Waals surface area contributed by atoms with E-state index in [4.69, 9.17) is 4.42 Å². The van der Waals surface area contributed by atoms with Crippen molar-refractivity contribution in [1.82, 2.24) is 24.6 Å². The molecule has 3 aromatic rings. The second-order valence-electron chi connectivity index (χ2n) is 7.40. The summed E-state index contributed by atoms with van der Waals surface area (Å²) in [5.41, 5.74) is 0.770. The zero-order valence-corrected chi connectivity index (χ0v) is 16.6. The highest BCUT2D eigenvalue weighted by atomic mass is 16.4. The van der Waals surface area contributed by atoms with Crippen LogP contribution in [0.15, 0.2) is 34.7 Å². The van der Waals surface area contributed by atoms with E-state index in [-0.39, 0.29) is 31.6 Å². The van der Waals surface area contributed by atoms with Crippen molar-refractivity contribution in [2.75, 3.05) is 13.6 Å². The minimum Gasteiger partial charge on any atom is -0.480 e. The van der Waals surface area contributed by atoms with E-state index >= 15 is 0 Å². The lowest BCUT2D eigenvalue weighted by Crippen LogP contribution is -2.51. The highest BCUT2D eigenvalue weighted by molar-refractivity contribution is 5.81. The maximum absolute atomic E-state index is 12.9. The molecular formula is C20H23N5O4. The van der Waals surface area contributed by atoms with Crippen LogP contribution in [0.3, 0.4) is 0 Å². The number of nitrogens with zero attached hydrogens (tertiary/aromatic N) is 5. The number of hydrogen-bond acceptors (Lipinski definition) is 6. The third-order valence-corrected chi connectivity index (χ3v) is 5.61. The van der Waals surface area contributed by atoms with Crippen LogP contribution in [-0.4, -0.2) is 61.2 Å². The third-order valence-electron chi connectivity index (χ3n) is 5.61. The van der Waals surface area contributed by atoms with E-state index in [1.54, 1.807) is 28.3 Å². The highest BCUT2D eigenvalue weighted by Crippen LogP contribution is 2.27. The first kappa shape index (κ1) is 19.1. The lowest BCUT2D eigenvalue weighted by molar-refractivity contribution is -0.147. The fourth-order valence-corrected chi connectivity index (χ4v) is 3.66. The van der Waals surface area contributed by atoms with Crippen LogP contribution in [0, 0.1) is 6.92 Å². The SMILES string of the molecule is Cc1nnc2n1CC(C(=O)O)N(CC(=O)N(C)C(C)c1cc3ccccc3o1)C2. The van der Waals surface area contributed by atoms with Crippen molar-refractivity contribution in [3.8, 4) is 0 Å². The van der Waals surface area contributed by atoms with Gasteiger partial charge in [0.1, 0.15) is 29.0 Å². The summed E-state index contributed by atoms with van der Waals surface area (Å²) in [6.45, 7) is 4.14. The van der Waals surface area contributed by atoms with Crippen molar-refractivity contribution in [3.63, 3.8) is 0 Å². The number of furan rings is 1. The molecule has 29 heavy (non-hydrogen) atoms. The average molecular weight is 397 g/mol. The molecule has 2 atom stereocenters. The molecule has 152 valence electrons. The van der Waals surface area contributed by atoms with Crippen LogP contribution in [0.1, 0.15) is 30.4 Å².